The molecular formula is C69H43NO. The molecule has 0 unspecified atom stereocenters. The highest BCUT2D eigenvalue weighted by atomic mass is 16.3. The minimum absolute atomic E-state index is 0.482. The predicted octanol–water partition coefficient (Wildman–Crippen LogP) is 18.7. The first-order valence-corrected chi connectivity index (χ1v) is 24.6. The lowest BCUT2D eigenvalue weighted by atomic mass is 9.70. The molecule has 15 rings (SSSR count). The normalized spacial score (nSPS) is 12.9. The van der Waals surface area contributed by atoms with Gasteiger partial charge in [-0.2, -0.15) is 0 Å². The molecule has 0 aliphatic heterocycles. The lowest BCUT2D eigenvalue weighted by molar-refractivity contribution is 0.669. The summed E-state index contributed by atoms with van der Waals surface area (Å²) in [6, 6.07) is 96.2. The number of rotatable bonds is 6. The summed E-state index contributed by atoms with van der Waals surface area (Å²) < 4.78 is 6.70. The third-order valence-electron chi connectivity index (χ3n) is 15.4. The minimum atomic E-state index is -0.482. The topological polar surface area (TPSA) is 16.4 Å². The summed E-state index contributed by atoms with van der Waals surface area (Å²) in [6.07, 6.45) is 0. The number of nitrogens with zero attached hydrogens (tertiary/aromatic N) is 1. The van der Waals surface area contributed by atoms with Crippen molar-refractivity contribution in [2.45, 2.75) is 5.41 Å². The highest BCUT2D eigenvalue weighted by Crippen LogP contribution is 2.65. The summed E-state index contributed by atoms with van der Waals surface area (Å²) in [7, 11) is 0. The van der Waals surface area contributed by atoms with Crippen LogP contribution in [0.2, 0.25) is 0 Å². The number of hydrogen-bond acceptors (Lipinski definition) is 2. The lowest BCUT2D eigenvalue weighted by Crippen LogP contribution is -2.26. The molecule has 71 heavy (non-hydrogen) atoms. The van der Waals surface area contributed by atoms with Crippen LogP contribution in [0.15, 0.2) is 265 Å². The van der Waals surface area contributed by atoms with Crippen molar-refractivity contribution in [3.05, 3.63) is 283 Å². The molecule has 2 aliphatic rings. The summed E-state index contributed by atoms with van der Waals surface area (Å²) in [5.41, 5.74) is 21.9. The maximum Gasteiger partial charge on any atom is 0.136 e. The number of hydrogen-bond donors (Lipinski definition) is 0. The summed E-state index contributed by atoms with van der Waals surface area (Å²) in [5, 5.41) is 7.08. The van der Waals surface area contributed by atoms with Crippen LogP contribution in [-0.4, -0.2) is 0 Å². The van der Waals surface area contributed by atoms with Gasteiger partial charge in [0, 0.05) is 27.6 Å². The van der Waals surface area contributed by atoms with Crippen LogP contribution in [0.4, 0.5) is 17.1 Å². The van der Waals surface area contributed by atoms with Crippen molar-refractivity contribution in [2.75, 3.05) is 4.90 Å². The van der Waals surface area contributed by atoms with Gasteiger partial charge in [0.25, 0.3) is 0 Å². The van der Waals surface area contributed by atoms with Crippen LogP contribution in [0, 0.1) is 0 Å². The van der Waals surface area contributed by atoms with Crippen LogP contribution in [-0.2, 0) is 5.41 Å². The van der Waals surface area contributed by atoms with Crippen LogP contribution >= 0.6 is 0 Å². The Bertz CT molecular complexity index is 4260. The maximum atomic E-state index is 6.70. The van der Waals surface area contributed by atoms with Gasteiger partial charge in [0.05, 0.1) is 16.8 Å². The van der Waals surface area contributed by atoms with Crippen LogP contribution in [0.25, 0.3) is 99.1 Å². The molecule has 1 heterocycles. The van der Waals surface area contributed by atoms with E-state index in [9.17, 15) is 0 Å². The maximum absolute atomic E-state index is 6.70. The monoisotopic (exact) mass is 901 g/mol. The van der Waals surface area contributed by atoms with E-state index in [-0.39, 0.29) is 0 Å². The van der Waals surface area contributed by atoms with Gasteiger partial charge in [-0.1, -0.05) is 206 Å². The summed E-state index contributed by atoms with van der Waals surface area (Å²) in [4.78, 5) is 2.52. The van der Waals surface area contributed by atoms with E-state index in [1.807, 2.05) is 0 Å². The molecule has 0 saturated carbocycles. The molecule has 0 N–H and O–H groups in total. The molecule has 330 valence electrons. The van der Waals surface area contributed by atoms with Crippen molar-refractivity contribution in [1.82, 2.24) is 0 Å². The fourth-order valence-electron chi connectivity index (χ4n) is 12.4. The molecule has 2 aliphatic carbocycles. The molecule has 1 spiro atoms. The minimum Gasteiger partial charge on any atom is -0.456 e. The van der Waals surface area contributed by atoms with Gasteiger partial charge in [0.2, 0.25) is 0 Å². The molecule has 0 atom stereocenters. The van der Waals surface area contributed by atoms with E-state index in [0.717, 1.165) is 55.7 Å². The number of para-hydroxylation sites is 1. The summed E-state index contributed by atoms with van der Waals surface area (Å²) in [6.45, 7) is 0. The van der Waals surface area contributed by atoms with E-state index in [1.165, 1.54) is 82.7 Å². The Labute approximate surface area is 412 Å². The van der Waals surface area contributed by atoms with Crippen molar-refractivity contribution in [3.8, 4) is 55.6 Å². The van der Waals surface area contributed by atoms with Gasteiger partial charge < -0.3 is 9.32 Å². The molecular weight excluding hydrogens is 859 g/mol. The van der Waals surface area contributed by atoms with Gasteiger partial charge in [-0.15, -0.1) is 0 Å². The number of benzene rings is 12. The number of furan rings is 1. The van der Waals surface area contributed by atoms with Crippen LogP contribution in [0.1, 0.15) is 22.3 Å². The zero-order valence-corrected chi connectivity index (χ0v) is 38.7. The van der Waals surface area contributed by atoms with Crippen molar-refractivity contribution >= 4 is 60.5 Å². The molecule has 12 aromatic carbocycles. The van der Waals surface area contributed by atoms with Gasteiger partial charge in [-0.25, -0.2) is 0 Å². The molecule has 0 radical (unpaired) electrons. The Morgan fingerprint density at radius 3 is 1.55 bits per heavy atom. The van der Waals surface area contributed by atoms with Crippen molar-refractivity contribution < 1.29 is 4.42 Å². The standard InChI is InChI=1S/C69H43NO/c1-2-17-46-41-51(35-34-44(46)16-1)48-21-13-20-47(40-48)45-36-38-52(39-37-45)70(63-31-12-8-24-55(63)56-26-14-33-65-67(56)58-42-49-18-3-4-19-50(49)43-66(58)71-65)64-32-15-30-62-68(64)57-25-7-11-29-61(57)69(62)59-27-9-5-22-53(59)54-23-6-10-28-60(54)69/h1-43H. The zero-order valence-electron chi connectivity index (χ0n) is 38.7. The third-order valence-corrected chi connectivity index (χ3v) is 15.4. The largest absolute Gasteiger partial charge is 0.456 e. The molecule has 2 nitrogen and oxygen atoms in total. The van der Waals surface area contributed by atoms with E-state index >= 15 is 0 Å². The molecule has 1 aromatic heterocycles. The van der Waals surface area contributed by atoms with Crippen LogP contribution in [0.3, 0.4) is 0 Å². The second-order valence-electron chi connectivity index (χ2n) is 19.1. The van der Waals surface area contributed by atoms with Crippen molar-refractivity contribution in [2.24, 2.45) is 0 Å². The Balaban J connectivity index is 0.958. The van der Waals surface area contributed by atoms with Crippen LogP contribution < -0.4 is 4.90 Å². The Morgan fingerprint density at radius 2 is 0.803 bits per heavy atom. The van der Waals surface area contributed by atoms with E-state index in [2.05, 4.69) is 266 Å². The molecule has 0 amide bonds. The average Bonchev–Trinajstić information content (AvgIpc) is 4.07. The average molecular weight is 902 g/mol. The quantitative estimate of drug-likeness (QED) is 0.165. The van der Waals surface area contributed by atoms with E-state index < -0.39 is 5.41 Å². The van der Waals surface area contributed by atoms with Crippen molar-refractivity contribution in [1.29, 1.82) is 0 Å². The smallest absolute Gasteiger partial charge is 0.136 e. The highest BCUT2D eigenvalue weighted by Gasteiger charge is 2.52. The van der Waals surface area contributed by atoms with Crippen molar-refractivity contribution in [3.63, 3.8) is 0 Å². The number of anilines is 3. The Morgan fingerprint density at radius 1 is 0.296 bits per heavy atom. The molecule has 2 heteroatoms. The highest BCUT2D eigenvalue weighted by molar-refractivity contribution is 6.17. The summed E-state index contributed by atoms with van der Waals surface area (Å²) in [5.74, 6) is 0. The molecule has 0 saturated heterocycles. The first-order valence-electron chi connectivity index (χ1n) is 24.6. The van der Waals surface area contributed by atoms with Gasteiger partial charge in [-0.05, 0) is 143 Å². The Kier molecular flexibility index (Phi) is 8.61. The number of fused-ring (bicyclic) bond motifs is 15. The van der Waals surface area contributed by atoms with Gasteiger partial charge in [0.1, 0.15) is 11.2 Å². The SMILES string of the molecule is c1cc(-c2ccc(N(c3ccccc3-c3cccc4oc5cc6ccccc6cc5c34)c3cccc4c3-c3ccccc3C43c4ccccc4-c4ccccc43)cc2)cc(-c2ccc3ccccc3c2)c1. The van der Waals surface area contributed by atoms with Crippen LogP contribution in [0.5, 0.6) is 0 Å². The first-order chi connectivity index (χ1) is 35.2. The third kappa shape index (κ3) is 5.83. The fourth-order valence-corrected chi connectivity index (χ4v) is 12.4. The molecule has 0 fully saturated rings. The lowest BCUT2D eigenvalue weighted by Gasteiger charge is -2.32. The second-order valence-corrected chi connectivity index (χ2v) is 19.1. The van der Waals surface area contributed by atoms with Gasteiger partial charge in [0.15, 0.2) is 0 Å². The zero-order chi connectivity index (χ0) is 46.6. The molecule has 0 bridgehead atoms. The van der Waals surface area contributed by atoms with E-state index in [4.69, 9.17) is 4.42 Å². The fraction of sp³-hybridized carbons (Fsp3) is 0.0145. The Hall–Kier alpha value is -9.24. The second kappa shape index (κ2) is 15.4. The molecule has 13 aromatic rings. The van der Waals surface area contributed by atoms with E-state index in [0.29, 0.717) is 0 Å². The first kappa shape index (κ1) is 39.7. The van der Waals surface area contributed by atoms with Gasteiger partial charge >= 0.3 is 0 Å². The van der Waals surface area contributed by atoms with Gasteiger partial charge in [-0.3, -0.25) is 0 Å². The predicted molar refractivity (Wildman–Crippen MR) is 296 cm³/mol. The summed E-state index contributed by atoms with van der Waals surface area (Å²) >= 11 is 0. The van der Waals surface area contributed by atoms with E-state index in [1.54, 1.807) is 0 Å².